The molecule has 2 fully saturated rings. The highest BCUT2D eigenvalue weighted by Gasteiger charge is 2.61. The van der Waals surface area contributed by atoms with Crippen LogP contribution in [0.2, 0.25) is 0 Å². The molecular weight excluding hydrogens is 372 g/mol. The van der Waals surface area contributed by atoms with Crippen LogP contribution in [-0.2, 0) is 11.2 Å². The van der Waals surface area contributed by atoms with E-state index in [1.54, 1.807) is 11.3 Å². The number of anilines is 1. The van der Waals surface area contributed by atoms with Gasteiger partial charge in [0.1, 0.15) is 5.52 Å². The van der Waals surface area contributed by atoms with Gasteiger partial charge in [0.15, 0.2) is 5.58 Å². The van der Waals surface area contributed by atoms with Crippen LogP contribution in [0.5, 0.6) is 0 Å². The molecule has 3 atom stereocenters. The molecule has 0 aliphatic carbocycles. The lowest BCUT2D eigenvalue weighted by Crippen LogP contribution is -2.50. The molecule has 0 spiro atoms. The molecule has 7 heteroatoms. The Bertz CT molecular complexity index is 952. The van der Waals surface area contributed by atoms with Crippen molar-refractivity contribution in [1.82, 2.24) is 15.3 Å². The van der Waals surface area contributed by atoms with Crippen molar-refractivity contribution in [1.29, 1.82) is 0 Å². The molecule has 1 aromatic carbocycles. The fraction of sp³-hybridized carbons (Fsp3) is 0.476. The van der Waals surface area contributed by atoms with Gasteiger partial charge in [-0.1, -0.05) is 19.1 Å². The molecule has 4 heterocycles. The maximum absolute atomic E-state index is 13.4. The quantitative estimate of drug-likeness (QED) is 0.687. The average Bonchev–Trinajstić information content (AvgIpc) is 3.47. The summed E-state index contributed by atoms with van der Waals surface area (Å²) in [5.41, 5.74) is 4.03. The average molecular weight is 397 g/mol. The van der Waals surface area contributed by atoms with E-state index in [2.05, 4.69) is 27.5 Å². The van der Waals surface area contributed by atoms with Crippen molar-refractivity contribution in [3.8, 4) is 0 Å². The lowest BCUT2D eigenvalue weighted by atomic mass is 9.70. The second-order valence-corrected chi connectivity index (χ2v) is 8.61. The van der Waals surface area contributed by atoms with Gasteiger partial charge in [-0.15, -0.1) is 11.3 Å². The van der Waals surface area contributed by atoms with Crippen molar-refractivity contribution < 1.29 is 9.21 Å². The summed E-state index contributed by atoms with van der Waals surface area (Å²) in [4.78, 5) is 24.9. The summed E-state index contributed by atoms with van der Waals surface area (Å²) in [7, 11) is 0. The van der Waals surface area contributed by atoms with Gasteiger partial charge in [-0.3, -0.25) is 4.79 Å². The summed E-state index contributed by atoms with van der Waals surface area (Å²) < 4.78 is 6.09. The standard InChI is InChI=1S/C21H24N4O2S/c1-2-9-22-19(26)21(10-14-12-28-13-23-14)11-15-7-8-18(21)25(15)20-24-16-5-3-4-6-17(16)27-20/h3-6,12-13,15,18H,2,7-11H2,1H3,(H,22,26)/t15-,18+,21+/m1/s1. The molecule has 3 aromatic rings. The number of carbonyl (C=O) groups is 1. The number of rotatable bonds is 6. The van der Waals surface area contributed by atoms with Gasteiger partial charge in [-0.05, 0) is 37.8 Å². The van der Waals surface area contributed by atoms with Crippen molar-refractivity contribution in [2.75, 3.05) is 11.4 Å². The molecular formula is C21H24N4O2S. The molecule has 0 saturated carbocycles. The van der Waals surface area contributed by atoms with Crippen molar-refractivity contribution in [3.63, 3.8) is 0 Å². The van der Waals surface area contributed by atoms with E-state index in [-0.39, 0.29) is 18.0 Å². The zero-order valence-corrected chi connectivity index (χ0v) is 16.7. The van der Waals surface area contributed by atoms with Crippen LogP contribution in [-0.4, -0.2) is 34.5 Å². The smallest absolute Gasteiger partial charge is 0.298 e. The third-order valence-corrected chi connectivity index (χ3v) is 6.85. The fourth-order valence-corrected chi connectivity index (χ4v) is 5.58. The summed E-state index contributed by atoms with van der Waals surface area (Å²) in [5, 5.41) is 5.23. The number of fused-ring (bicyclic) bond motifs is 3. The Kier molecular flexibility index (Phi) is 4.34. The summed E-state index contributed by atoms with van der Waals surface area (Å²) in [6.45, 7) is 2.79. The number of carbonyl (C=O) groups excluding carboxylic acids is 1. The number of nitrogens with one attached hydrogen (secondary N) is 1. The Morgan fingerprint density at radius 3 is 3.07 bits per heavy atom. The monoisotopic (exact) mass is 396 g/mol. The Balaban J connectivity index is 1.52. The lowest BCUT2D eigenvalue weighted by molar-refractivity contribution is -0.132. The molecule has 2 saturated heterocycles. The van der Waals surface area contributed by atoms with Crippen molar-refractivity contribution in [3.05, 3.63) is 40.8 Å². The lowest BCUT2D eigenvalue weighted by Gasteiger charge is -2.35. The first-order chi connectivity index (χ1) is 13.7. The van der Waals surface area contributed by atoms with Crippen LogP contribution >= 0.6 is 11.3 Å². The SMILES string of the molecule is CCCNC(=O)[C@@]1(Cc2cscn2)C[C@H]2CC[C@@H]1N2c1nc2ccccc2o1. The number of hydrogen-bond acceptors (Lipinski definition) is 6. The van der Waals surface area contributed by atoms with E-state index in [1.165, 1.54) is 0 Å². The molecule has 2 aromatic heterocycles. The molecule has 1 N–H and O–H groups in total. The number of benzene rings is 1. The van der Waals surface area contributed by atoms with Gasteiger partial charge in [0, 0.05) is 30.4 Å². The number of thiazole rings is 1. The molecule has 2 bridgehead atoms. The molecule has 0 radical (unpaired) electrons. The molecule has 146 valence electrons. The molecule has 6 nitrogen and oxygen atoms in total. The topological polar surface area (TPSA) is 71.3 Å². The molecule has 2 aliphatic rings. The zero-order chi connectivity index (χ0) is 19.1. The summed E-state index contributed by atoms with van der Waals surface area (Å²) in [6, 6.07) is 8.86. The first kappa shape index (κ1) is 17.7. The van der Waals surface area contributed by atoms with Crippen LogP contribution in [0.4, 0.5) is 6.01 Å². The third-order valence-electron chi connectivity index (χ3n) is 6.21. The summed E-state index contributed by atoms with van der Waals surface area (Å²) in [5.74, 6) is 0.149. The number of oxazole rings is 1. The largest absolute Gasteiger partial charge is 0.423 e. The number of para-hydroxylation sites is 2. The highest BCUT2D eigenvalue weighted by atomic mass is 32.1. The van der Waals surface area contributed by atoms with Gasteiger partial charge < -0.3 is 14.6 Å². The van der Waals surface area contributed by atoms with Crippen LogP contribution in [0.1, 0.15) is 38.3 Å². The first-order valence-electron chi connectivity index (χ1n) is 10.0. The number of aromatic nitrogens is 2. The van der Waals surface area contributed by atoms with Crippen LogP contribution in [0, 0.1) is 5.41 Å². The highest BCUT2D eigenvalue weighted by Crippen LogP contribution is 2.53. The molecule has 0 unspecified atom stereocenters. The zero-order valence-electron chi connectivity index (χ0n) is 15.9. The van der Waals surface area contributed by atoms with Gasteiger partial charge in [0.05, 0.1) is 16.6 Å². The molecule has 28 heavy (non-hydrogen) atoms. The second kappa shape index (κ2) is 6.88. The van der Waals surface area contributed by atoms with E-state index < -0.39 is 5.41 Å². The maximum atomic E-state index is 13.4. The minimum Gasteiger partial charge on any atom is -0.423 e. The van der Waals surface area contributed by atoms with Gasteiger partial charge in [-0.25, -0.2) is 4.98 Å². The Morgan fingerprint density at radius 2 is 2.29 bits per heavy atom. The van der Waals surface area contributed by atoms with E-state index in [1.807, 2.05) is 29.8 Å². The predicted octanol–water partition coefficient (Wildman–Crippen LogP) is 3.78. The van der Waals surface area contributed by atoms with Crippen LogP contribution in [0.15, 0.2) is 39.6 Å². The molecule has 5 rings (SSSR count). The number of nitrogens with zero attached hydrogens (tertiary/aromatic N) is 3. The minimum absolute atomic E-state index is 0.0871. The van der Waals surface area contributed by atoms with Crippen molar-refractivity contribution in [2.45, 2.75) is 51.1 Å². The van der Waals surface area contributed by atoms with E-state index >= 15 is 0 Å². The van der Waals surface area contributed by atoms with Crippen molar-refractivity contribution >= 4 is 34.4 Å². The van der Waals surface area contributed by atoms with Gasteiger partial charge in [-0.2, -0.15) is 4.98 Å². The molecule has 2 aliphatic heterocycles. The highest BCUT2D eigenvalue weighted by molar-refractivity contribution is 7.07. The third kappa shape index (κ3) is 2.71. The van der Waals surface area contributed by atoms with Crippen molar-refractivity contribution in [2.24, 2.45) is 5.41 Å². The van der Waals surface area contributed by atoms with Gasteiger partial charge in [0.2, 0.25) is 5.91 Å². The van der Waals surface area contributed by atoms with Crippen LogP contribution in [0.3, 0.4) is 0 Å². The van der Waals surface area contributed by atoms with Crippen LogP contribution in [0.25, 0.3) is 11.1 Å². The summed E-state index contributed by atoms with van der Waals surface area (Å²) >= 11 is 1.58. The number of amides is 1. The first-order valence-corrected chi connectivity index (χ1v) is 10.9. The van der Waals surface area contributed by atoms with E-state index in [0.717, 1.165) is 42.5 Å². The predicted molar refractivity (Wildman–Crippen MR) is 109 cm³/mol. The van der Waals surface area contributed by atoms with Crippen LogP contribution < -0.4 is 10.2 Å². The van der Waals surface area contributed by atoms with Gasteiger partial charge >= 0.3 is 0 Å². The normalized spacial score (nSPS) is 26.2. The second-order valence-electron chi connectivity index (χ2n) is 7.89. The maximum Gasteiger partial charge on any atom is 0.298 e. The Morgan fingerprint density at radius 1 is 1.39 bits per heavy atom. The summed E-state index contributed by atoms with van der Waals surface area (Å²) in [6.07, 6.45) is 4.48. The van der Waals surface area contributed by atoms with E-state index in [4.69, 9.17) is 9.40 Å². The van der Waals surface area contributed by atoms with Gasteiger partial charge in [0.25, 0.3) is 6.01 Å². The van der Waals surface area contributed by atoms with E-state index in [0.29, 0.717) is 19.0 Å². The minimum atomic E-state index is -0.479. The Hall–Kier alpha value is -2.41. The fourth-order valence-electron chi connectivity index (χ4n) is 5.02. The van der Waals surface area contributed by atoms with E-state index in [9.17, 15) is 4.79 Å². The number of hydrogen-bond donors (Lipinski definition) is 1. The molecule has 1 amide bonds. The Labute approximate surface area is 168 Å².